The predicted octanol–water partition coefficient (Wildman–Crippen LogP) is 1.81. The summed E-state index contributed by atoms with van der Waals surface area (Å²) in [6.07, 6.45) is 0.454. The lowest BCUT2D eigenvalue weighted by Crippen LogP contribution is -2.39. The SMILES string of the molecule is N#CCc1ccc(NC(=O)C2=NN(c3ccccc3)C(C(N)=O)C2)cc1. The van der Waals surface area contributed by atoms with Gasteiger partial charge >= 0.3 is 0 Å². The number of anilines is 2. The van der Waals surface area contributed by atoms with Crippen LogP contribution < -0.4 is 16.1 Å². The summed E-state index contributed by atoms with van der Waals surface area (Å²) in [5, 5.41) is 17.2. The number of rotatable bonds is 5. The van der Waals surface area contributed by atoms with Crippen molar-refractivity contribution >= 4 is 28.9 Å². The summed E-state index contributed by atoms with van der Waals surface area (Å²) in [6, 6.07) is 17.5. The van der Waals surface area contributed by atoms with Crippen molar-refractivity contribution in [2.75, 3.05) is 10.3 Å². The first-order valence-electron chi connectivity index (χ1n) is 8.07. The van der Waals surface area contributed by atoms with Crippen LogP contribution in [0.2, 0.25) is 0 Å². The van der Waals surface area contributed by atoms with E-state index in [9.17, 15) is 9.59 Å². The lowest BCUT2D eigenvalue weighted by Gasteiger charge is -2.20. The Bertz CT molecular complexity index is 884. The maximum Gasteiger partial charge on any atom is 0.271 e. The molecule has 1 atom stereocenters. The number of benzene rings is 2. The van der Waals surface area contributed by atoms with Crippen molar-refractivity contribution in [1.82, 2.24) is 0 Å². The first-order chi connectivity index (χ1) is 12.6. The molecule has 1 heterocycles. The first kappa shape index (κ1) is 17.2. The highest BCUT2D eigenvalue weighted by Gasteiger charge is 2.34. The Labute approximate surface area is 150 Å². The fourth-order valence-corrected chi connectivity index (χ4v) is 2.69. The van der Waals surface area contributed by atoms with Crippen molar-refractivity contribution in [1.29, 1.82) is 5.26 Å². The Balaban J connectivity index is 1.76. The van der Waals surface area contributed by atoms with E-state index >= 15 is 0 Å². The fraction of sp³-hybridized carbons (Fsp3) is 0.158. The molecule has 26 heavy (non-hydrogen) atoms. The van der Waals surface area contributed by atoms with Crippen LogP contribution in [-0.2, 0) is 16.0 Å². The second-order valence-corrected chi connectivity index (χ2v) is 5.84. The summed E-state index contributed by atoms with van der Waals surface area (Å²) < 4.78 is 0. The van der Waals surface area contributed by atoms with Gasteiger partial charge < -0.3 is 11.1 Å². The smallest absolute Gasteiger partial charge is 0.271 e. The highest BCUT2D eigenvalue weighted by molar-refractivity contribution is 6.44. The molecular weight excluding hydrogens is 330 g/mol. The van der Waals surface area contributed by atoms with Crippen molar-refractivity contribution < 1.29 is 9.59 Å². The third-order valence-electron chi connectivity index (χ3n) is 4.02. The van der Waals surface area contributed by atoms with Crippen LogP contribution in [0.25, 0.3) is 0 Å². The summed E-state index contributed by atoms with van der Waals surface area (Å²) in [5.74, 6) is -0.927. The van der Waals surface area contributed by atoms with Gasteiger partial charge in [-0.2, -0.15) is 10.4 Å². The van der Waals surface area contributed by atoms with Crippen LogP contribution >= 0.6 is 0 Å². The van der Waals surface area contributed by atoms with Crippen LogP contribution in [0.15, 0.2) is 59.7 Å². The molecule has 1 aliphatic rings. The highest BCUT2D eigenvalue weighted by atomic mass is 16.2. The predicted molar refractivity (Wildman–Crippen MR) is 98.3 cm³/mol. The van der Waals surface area contributed by atoms with Gasteiger partial charge in [0.2, 0.25) is 5.91 Å². The molecule has 0 fully saturated rings. The average molecular weight is 347 g/mol. The number of amides is 2. The van der Waals surface area contributed by atoms with E-state index in [4.69, 9.17) is 11.0 Å². The van der Waals surface area contributed by atoms with Crippen LogP contribution in [-0.4, -0.2) is 23.6 Å². The Morgan fingerprint density at radius 3 is 2.50 bits per heavy atom. The monoisotopic (exact) mass is 347 g/mol. The van der Waals surface area contributed by atoms with E-state index < -0.39 is 11.9 Å². The van der Waals surface area contributed by atoms with Crippen LogP contribution in [0.4, 0.5) is 11.4 Å². The summed E-state index contributed by atoms with van der Waals surface area (Å²) in [4.78, 5) is 24.3. The molecule has 3 rings (SSSR count). The Hall–Kier alpha value is -3.66. The molecule has 7 heteroatoms. The summed E-state index contributed by atoms with van der Waals surface area (Å²) in [5.41, 5.74) is 7.86. The number of para-hydroxylation sites is 1. The number of nitrogens with one attached hydrogen (secondary N) is 1. The summed E-state index contributed by atoms with van der Waals surface area (Å²) in [6.45, 7) is 0. The van der Waals surface area contributed by atoms with Gasteiger partial charge in [0.15, 0.2) is 0 Å². The van der Waals surface area contributed by atoms with Crippen molar-refractivity contribution in [3.05, 3.63) is 60.2 Å². The van der Waals surface area contributed by atoms with E-state index in [1.165, 1.54) is 5.01 Å². The van der Waals surface area contributed by atoms with Crippen molar-refractivity contribution in [3.8, 4) is 6.07 Å². The molecule has 2 aromatic rings. The van der Waals surface area contributed by atoms with Crippen LogP contribution in [0, 0.1) is 11.3 Å². The number of hydrogen-bond acceptors (Lipinski definition) is 5. The lowest BCUT2D eigenvalue weighted by molar-refractivity contribution is -0.119. The number of hydrogen-bond donors (Lipinski definition) is 2. The number of hydrazone groups is 1. The molecule has 0 spiro atoms. The van der Waals surface area contributed by atoms with Gasteiger partial charge in [0.05, 0.1) is 18.2 Å². The molecule has 0 radical (unpaired) electrons. The van der Waals surface area contributed by atoms with Gasteiger partial charge in [0, 0.05) is 12.1 Å². The molecule has 3 N–H and O–H groups in total. The maximum atomic E-state index is 12.5. The lowest BCUT2D eigenvalue weighted by atomic mass is 10.1. The second-order valence-electron chi connectivity index (χ2n) is 5.84. The normalized spacial score (nSPS) is 15.9. The molecule has 2 aromatic carbocycles. The van der Waals surface area contributed by atoms with Gasteiger partial charge in [-0.1, -0.05) is 30.3 Å². The van der Waals surface area contributed by atoms with Gasteiger partial charge in [-0.05, 0) is 29.8 Å². The molecule has 0 bridgehead atoms. The topological polar surface area (TPSA) is 112 Å². The minimum absolute atomic E-state index is 0.141. The molecule has 0 aromatic heterocycles. The van der Waals surface area contributed by atoms with Crippen LogP contribution in [0.3, 0.4) is 0 Å². The standard InChI is InChI=1S/C19H17N5O2/c20-11-10-13-6-8-14(9-7-13)22-19(26)16-12-17(18(21)25)24(23-16)15-4-2-1-3-5-15/h1-9,17H,10,12H2,(H2,21,25)(H,22,26). The molecule has 1 unspecified atom stereocenters. The van der Waals surface area contributed by atoms with E-state index in [0.29, 0.717) is 17.8 Å². The van der Waals surface area contributed by atoms with Gasteiger partial charge in [-0.3, -0.25) is 14.6 Å². The number of nitriles is 1. The molecule has 2 amide bonds. The number of carbonyl (C=O) groups excluding carboxylic acids is 2. The van der Waals surface area contributed by atoms with Gasteiger partial charge in [-0.15, -0.1) is 0 Å². The quantitative estimate of drug-likeness (QED) is 0.859. The first-order valence-corrected chi connectivity index (χ1v) is 8.07. The Morgan fingerprint density at radius 2 is 1.88 bits per heavy atom. The van der Waals surface area contributed by atoms with Gasteiger partial charge in [0.1, 0.15) is 11.8 Å². The number of primary amides is 1. The third-order valence-corrected chi connectivity index (χ3v) is 4.02. The largest absolute Gasteiger partial charge is 0.368 e. The molecule has 1 aliphatic heterocycles. The van der Waals surface area contributed by atoms with Crippen molar-refractivity contribution in [2.45, 2.75) is 18.9 Å². The minimum Gasteiger partial charge on any atom is -0.368 e. The Kier molecular flexibility index (Phi) is 4.94. The molecule has 0 saturated carbocycles. The number of nitrogens with two attached hydrogens (primary N) is 1. The van der Waals surface area contributed by atoms with E-state index in [-0.39, 0.29) is 18.0 Å². The van der Waals surface area contributed by atoms with Crippen LogP contribution in [0.5, 0.6) is 0 Å². The van der Waals surface area contributed by atoms with Crippen molar-refractivity contribution in [2.24, 2.45) is 10.8 Å². The van der Waals surface area contributed by atoms with E-state index in [0.717, 1.165) is 5.56 Å². The molecule has 130 valence electrons. The molecule has 7 nitrogen and oxygen atoms in total. The molecular formula is C19H17N5O2. The number of nitrogens with zero attached hydrogens (tertiary/aromatic N) is 3. The maximum absolute atomic E-state index is 12.5. The zero-order valence-corrected chi connectivity index (χ0v) is 13.9. The zero-order valence-electron chi connectivity index (χ0n) is 13.9. The Morgan fingerprint density at radius 1 is 1.19 bits per heavy atom. The molecule has 0 aliphatic carbocycles. The third kappa shape index (κ3) is 3.70. The molecule has 0 saturated heterocycles. The fourth-order valence-electron chi connectivity index (χ4n) is 2.69. The highest BCUT2D eigenvalue weighted by Crippen LogP contribution is 2.24. The summed E-state index contributed by atoms with van der Waals surface area (Å²) in [7, 11) is 0. The van der Waals surface area contributed by atoms with Gasteiger partial charge in [0.25, 0.3) is 5.91 Å². The van der Waals surface area contributed by atoms with E-state index in [1.807, 2.05) is 18.2 Å². The average Bonchev–Trinajstić information content (AvgIpc) is 3.10. The van der Waals surface area contributed by atoms with Gasteiger partial charge in [-0.25, -0.2) is 0 Å². The minimum atomic E-state index is -0.698. The second kappa shape index (κ2) is 7.49. The van der Waals surface area contributed by atoms with E-state index in [2.05, 4.69) is 16.5 Å². The zero-order chi connectivity index (χ0) is 18.5. The van der Waals surface area contributed by atoms with Crippen LogP contribution in [0.1, 0.15) is 12.0 Å². The summed E-state index contributed by atoms with van der Waals surface area (Å²) >= 11 is 0. The van der Waals surface area contributed by atoms with Crippen molar-refractivity contribution in [3.63, 3.8) is 0 Å². The van der Waals surface area contributed by atoms with E-state index in [1.54, 1.807) is 36.4 Å². The number of carbonyl (C=O) groups is 2.